The predicted octanol–water partition coefficient (Wildman–Crippen LogP) is -1.46. The lowest BCUT2D eigenvalue weighted by molar-refractivity contribution is -0.327. The normalized spacial score (nSPS) is 30.9. The fraction of sp³-hybridized carbons (Fsp3) is 0.500. The number of esters is 1. The van der Waals surface area contributed by atoms with Gasteiger partial charge in [-0.15, -0.1) is 0 Å². The summed E-state index contributed by atoms with van der Waals surface area (Å²) >= 11 is 0. The van der Waals surface area contributed by atoms with E-state index in [0.29, 0.717) is 6.42 Å². The molecule has 3 rings (SSSR count). The lowest BCUT2D eigenvalue weighted by Crippen LogP contribution is -2.60. The molecule has 0 radical (unpaired) electrons. The van der Waals surface area contributed by atoms with E-state index in [4.69, 9.17) is 18.9 Å². The fourth-order valence-electron chi connectivity index (χ4n) is 3.99. The third-order valence-electron chi connectivity index (χ3n) is 6.01. The first-order chi connectivity index (χ1) is 17.7. The Bertz CT molecular complexity index is 987. The van der Waals surface area contributed by atoms with E-state index in [0.717, 1.165) is 11.8 Å². The molecule has 0 unspecified atom stereocenters. The summed E-state index contributed by atoms with van der Waals surface area (Å²) in [6.07, 6.45) is -7.49. The molecule has 0 aromatic heterocycles. The van der Waals surface area contributed by atoms with E-state index in [-0.39, 0.29) is 23.5 Å². The highest BCUT2D eigenvalue weighted by molar-refractivity contribution is 5.89. The number of carbonyl (C=O) groups excluding carboxylic acids is 1. The van der Waals surface area contributed by atoms with Gasteiger partial charge in [0.2, 0.25) is 6.29 Å². The van der Waals surface area contributed by atoms with Crippen LogP contribution in [0.3, 0.4) is 0 Å². The summed E-state index contributed by atoms with van der Waals surface area (Å²) in [6.45, 7) is -1.29. The number of carbonyl (C=O) groups is 2. The number of phenols is 1. The monoisotopic (exact) mass is 526 g/mol. The topological polar surface area (TPSA) is 213 Å². The van der Waals surface area contributed by atoms with Crippen molar-refractivity contribution in [3.63, 3.8) is 0 Å². The molecular weight excluding hydrogens is 496 g/mol. The van der Waals surface area contributed by atoms with E-state index in [1.807, 2.05) is 0 Å². The summed E-state index contributed by atoms with van der Waals surface area (Å²) in [6, 6.07) is 6.31. The number of aliphatic carboxylic acids is 1. The smallest absolute Gasteiger partial charge is 0.335 e. The zero-order valence-corrected chi connectivity index (χ0v) is 19.6. The first-order valence-electron chi connectivity index (χ1n) is 11.4. The molecule has 37 heavy (non-hydrogen) atoms. The first kappa shape index (κ1) is 28.5. The van der Waals surface area contributed by atoms with E-state index < -0.39 is 74.5 Å². The SMILES string of the molecule is O=C(C[C@@H]1C(C(=O)O)=CO[C@@H](O[C@@H]2O[C@H](CO)[C@@H](O)[C@H](O)[C@H]2O)/C1=C/CO)OCCc1ccc(O)cc1. The van der Waals surface area contributed by atoms with Crippen molar-refractivity contribution in [2.24, 2.45) is 5.92 Å². The molecule has 7 N–H and O–H groups in total. The Kier molecular flexibility index (Phi) is 10.00. The van der Waals surface area contributed by atoms with Crippen LogP contribution in [0.15, 0.2) is 47.7 Å². The van der Waals surface area contributed by atoms with Crippen molar-refractivity contribution >= 4 is 11.9 Å². The van der Waals surface area contributed by atoms with E-state index in [9.17, 15) is 45.3 Å². The van der Waals surface area contributed by atoms with Crippen LogP contribution >= 0.6 is 0 Å². The van der Waals surface area contributed by atoms with Crippen LogP contribution in [-0.2, 0) is 35.0 Å². The number of aromatic hydroxyl groups is 1. The van der Waals surface area contributed by atoms with Crippen molar-refractivity contribution in [3.05, 3.63) is 53.3 Å². The Morgan fingerprint density at radius 1 is 1.03 bits per heavy atom. The third-order valence-corrected chi connectivity index (χ3v) is 6.01. The minimum absolute atomic E-state index is 0.0111. The summed E-state index contributed by atoms with van der Waals surface area (Å²) < 4.78 is 21.5. The molecule has 0 saturated carbocycles. The molecule has 0 bridgehead atoms. The molecule has 1 fully saturated rings. The maximum absolute atomic E-state index is 12.6. The average molecular weight is 526 g/mol. The van der Waals surface area contributed by atoms with Crippen LogP contribution < -0.4 is 0 Å². The Hall–Kier alpha value is -3.04. The maximum atomic E-state index is 12.6. The molecule has 0 amide bonds. The number of carboxylic acids is 1. The Morgan fingerprint density at radius 2 is 1.73 bits per heavy atom. The highest BCUT2D eigenvalue weighted by Crippen LogP contribution is 2.35. The second-order valence-corrected chi connectivity index (χ2v) is 8.46. The summed E-state index contributed by atoms with van der Waals surface area (Å²) in [4.78, 5) is 24.4. The van der Waals surface area contributed by atoms with E-state index in [1.165, 1.54) is 18.2 Å². The number of aliphatic hydroxyl groups excluding tert-OH is 5. The van der Waals surface area contributed by atoms with Crippen molar-refractivity contribution in [1.29, 1.82) is 0 Å². The third kappa shape index (κ3) is 7.05. The lowest BCUT2D eigenvalue weighted by atomic mass is 9.86. The van der Waals surface area contributed by atoms with Gasteiger partial charge in [-0.2, -0.15) is 0 Å². The highest BCUT2D eigenvalue weighted by atomic mass is 16.8. The number of hydrogen-bond donors (Lipinski definition) is 7. The molecule has 13 nitrogen and oxygen atoms in total. The van der Waals surface area contributed by atoms with Gasteiger partial charge in [-0.3, -0.25) is 4.79 Å². The van der Waals surface area contributed by atoms with Gasteiger partial charge in [0.05, 0.1) is 38.1 Å². The Morgan fingerprint density at radius 3 is 2.35 bits per heavy atom. The van der Waals surface area contributed by atoms with Gasteiger partial charge >= 0.3 is 11.9 Å². The number of aliphatic hydroxyl groups is 5. The average Bonchev–Trinajstić information content (AvgIpc) is 2.87. The van der Waals surface area contributed by atoms with Gasteiger partial charge in [0.15, 0.2) is 6.29 Å². The summed E-state index contributed by atoms with van der Waals surface area (Å²) in [5.41, 5.74) is 0.510. The quantitative estimate of drug-likeness (QED) is 0.137. The molecule has 1 aromatic carbocycles. The summed E-state index contributed by atoms with van der Waals surface area (Å²) in [7, 11) is 0. The van der Waals surface area contributed by atoms with Crippen LogP contribution in [0.5, 0.6) is 5.75 Å². The van der Waals surface area contributed by atoms with Gasteiger partial charge < -0.3 is 54.7 Å². The van der Waals surface area contributed by atoms with Gasteiger partial charge in [-0.25, -0.2) is 4.79 Å². The molecule has 2 aliphatic heterocycles. The molecule has 0 aliphatic carbocycles. The van der Waals surface area contributed by atoms with Gasteiger partial charge in [0.1, 0.15) is 30.2 Å². The summed E-state index contributed by atoms with van der Waals surface area (Å²) in [5, 5.41) is 68.1. The van der Waals surface area contributed by atoms with Crippen LogP contribution in [0.1, 0.15) is 12.0 Å². The van der Waals surface area contributed by atoms with Gasteiger partial charge in [-0.05, 0) is 17.7 Å². The number of hydrogen-bond acceptors (Lipinski definition) is 12. The van der Waals surface area contributed by atoms with Crippen LogP contribution in [-0.4, -0.2) is 105 Å². The Balaban J connectivity index is 1.72. The molecule has 0 spiro atoms. The van der Waals surface area contributed by atoms with Gasteiger partial charge in [-0.1, -0.05) is 18.2 Å². The van der Waals surface area contributed by atoms with E-state index >= 15 is 0 Å². The number of carboxylic acid groups (broad SMARTS) is 1. The highest BCUT2D eigenvalue weighted by Gasteiger charge is 2.46. The second-order valence-electron chi connectivity index (χ2n) is 8.46. The van der Waals surface area contributed by atoms with Crippen LogP contribution in [0, 0.1) is 5.92 Å². The number of phenolic OH excluding ortho intramolecular Hbond substituents is 1. The van der Waals surface area contributed by atoms with Crippen molar-refractivity contribution < 1.29 is 64.3 Å². The first-order valence-corrected chi connectivity index (χ1v) is 11.4. The minimum Gasteiger partial charge on any atom is -0.508 e. The van der Waals surface area contributed by atoms with Crippen molar-refractivity contribution in [3.8, 4) is 5.75 Å². The van der Waals surface area contributed by atoms with Crippen LogP contribution in [0.25, 0.3) is 0 Å². The number of rotatable bonds is 10. The predicted molar refractivity (Wildman–Crippen MR) is 121 cm³/mol. The van der Waals surface area contributed by atoms with E-state index in [1.54, 1.807) is 12.1 Å². The second kappa shape index (κ2) is 13.0. The van der Waals surface area contributed by atoms with Crippen LogP contribution in [0.4, 0.5) is 0 Å². The number of ether oxygens (including phenoxy) is 4. The lowest BCUT2D eigenvalue weighted by Gasteiger charge is -2.41. The maximum Gasteiger partial charge on any atom is 0.335 e. The van der Waals surface area contributed by atoms with E-state index in [2.05, 4.69) is 0 Å². The minimum atomic E-state index is -1.76. The van der Waals surface area contributed by atoms with Crippen LogP contribution in [0.2, 0.25) is 0 Å². The molecule has 13 heteroatoms. The summed E-state index contributed by atoms with van der Waals surface area (Å²) in [5.74, 6) is -3.18. The van der Waals surface area contributed by atoms with Crippen molar-refractivity contribution in [1.82, 2.24) is 0 Å². The molecule has 7 atom stereocenters. The standard InChI is InChI=1S/C24H30O13/c25-7-5-14-15(9-18(28)34-8-6-12-1-3-13(27)4-2-12)16(22(32)33)11-35-23(14)37-24-21(31)20(30)19(29)17(10-26)36-24/h1-5,11,15,17,19-21,23-27,29-31H,6-10H2,(H,32,33)/b14-5+/t15-,17+,19+,20-,21+,23-,24-/m0/s1. The van der Waals surface area contributed by atoms with Gasteiger partial charge in [0.25, 0.3) is 0 Å². The molecule has 204 valence electrons. The molecule has 1 saturated heterocycles. The fourth-order valence-corrected chi connectivity index (χ4v) is 3.99. The van der Waals surface area contributed by atoms with Gasteiger partial charge in [0, 0.05) is 17.9 Å². The number of benzene rings is 1. The molecule has 2 heterocycles. The Labute approximate surface area is 211 Å². The zero-order chi connectivity index (χ0) is 27.1. The zero-order valence-electron chi connectivity index (χ0n) is 19.6. The van der Waals surface area contributed by atoms with Crippen molar-refractivity contribution in [2.45, 2.75) is 49.8 Å². The molecular formula is C24H30O13. The molecule has 1 aromatic rings. The molecule has 2 aliphatic rings. The largest absolute Gasteiger partial charge is 0.508 e. The van der Waals surface area contributed by atoms with Crippen molar-refractivity contribution in [2.75, 3.05) is 19.8 Å².